The number of nitro groups is 2. The number of azo groups is 2. The van der Waals surface area contributed by atoms with E-state index in [0.29, 0.717) is 51.6 Å². The van der Waals surface area contributed by atoms with E-state index in [9.17, 15) is 66.6 Å². The first-order valence-corrected chi connectivity index (χ1v) is 37.8. The molecule has 0 bridgehead atoms. The monoisotopic (exact) mass is 1640 g/mol. The Labute approximate surface area is 686 Å². The number of non-ortho nitro benzene ring substituents is 2. The summed E-state index contributed by atoms with van der Waals surface area (Å²) < 4.78 is 69.6. The molecule has 0 aliphatic rings. The topological polar surface area (TPSA) is 494 Å². The second-order valence-corrected chi connectivity index (χ2v) is 28.4. The maximum atomic E-state index is 12.5. The number of hydrogen-bond acceptors (Lipinski definition) is 21. The van der Waals surface area contributed by atoms with Crippen LogP contribution in [-0.4, -0.2) is 53.7 Å². The molecule has 0 spiro atoms. The van der Waals surface area contributed by atoms with Crippen LogP contribution in [0.15, 0.2) is 312 Å². The van der Waals surface area contributed by atoms with Crippen molar-refractivity contribution in [2.24, 2.45) is 52.6 Å². The number of guanidine groups is 3. The quantitative estimate of drug-likeness (QED) is 0.0147. The zero-order valence-corrected chi connectivity index (χ0v) is 66.0. The number of nitro benzene ring substituents is 2. The fourth-order valence-electron chi connectivity index (χ4n) is 11.5. The Balaban J connectivity index is 0.000000236. The van der Waals surface area contributed by atoms with Gasteiger partial charge in [-0.1, -0.05) is 205 Å². The second kappa shape index (κ2) is 38.8. The summed E-state index contributed by atoms with van der Waals surface area (Å²) in [6.07, 6.45) is 0. The minimum absolute atomic E-state index is 0. The molecule has 0 fully saturated rings. The van der Waals surface area contributed by atoms with Gasteiger partial charge in [-0.2, -0.15) is 20.5 Å². The molecule has 591 valence electrons. The third-order valence-corrected chi connectivity index (χ3v) is 19.3. The van der Waals surface area contributed by atoms with Crippen LogP contribution in [0.25, 0.3) is 43.1 Å². The van der Waals surface area contributed by atoms with Crippen molar-refractivity contribution < 1.29 is 77.9 Å². The average molecular weight is 1650 g/mol. The van der Waals surface area contributed by atoms with Crippen LogP contribution in [-0.2, 0) is 37.6 Å². The van der Waals surface area contributed by atoms with Crippen molar-refractivity contribution in [1.29, 1.82) is 0 Å². The Morgan fingerprint density at radius 3 is 0.872 bits per heavy atom. The van der Waals surface area contributed by atoms with Gasteiger partial charge in [-0.3, -0.25) is 20.2 Å². The molecule has 9 N–H and O–H groups in total. The largest absolute Gasteiger partial charge is 3.00 e. The molecule has 117 heavy (non-hydrogen) atoms. The predicted molar refractivity (Wildman–Crippen MR) is 446 cm³/mol. The molecule has 0 saturated heterocycles. The molecule has 0 heterocycles. The number of rotatable bonds is 14. The van der Waals surface area contributed by atoms with Crippen LogP contribution >= 0.6 is 0 Å². The van der Waals surface area contributed by atoms with Gasteiger partial charge < -0.3 is 62.7 Å². The minimum atomic E-state index is -5.11. The Bertz CT molecular complexity index is 6030. The molecule has 1 radical (unpaired) electrons. The maximum Gasteiger partial charge on any atom is 3.00 e. The van der Waals surface area contributed by atoms with Crippen LogP contribution in [0.2, 0.25) is 0 Å². The molecular formula is C85H74CrN15O14S2. The number of hydrogen-bond donors (Lipinski definition) is 6. The van der Waals surface area contributed by atoms with Crippen molar-refractivity contribution in [1.82, 2.24) is 0 Å². The number of anilines is 3. The summed E-state index contributed by atoms with van der Waals surface area (Å²) >= 11 is 0. The molecule has 14 aromatic carbocycles. The van der Waals surface area contributed by atoms with Gasteiger partial charge in [-0.05, 0) is 146 Å². The number of fused-ring (bicyclic) bond motifs is 4. The molecule has 0 aromatic heterocycles. The number of aryl methyl sites for hydroxylation is 6. The molecule has 0 aliphatic heterocycles. The summed E-state index contributed by atoms with van der Waals surface area (Å²) in [6, 6.07) is 74.3. The van der Waals surface area contributed by atoms with Crippen molar-refractivity contribution in [2.45, 2.75) is 51.3 Å². The van der Waals surface area contributed by atoms with E-state index in [2.05, 4.69) is 51.4 Å². The molecule has 29 nitrogen and oxygen atoms in total. The van der Waals surface area contributed by atoms with Crippen molar-refractivity contribution in [3.63, 3.8) is 0 Å². The van der Waals surface area contributed by atoms with Crippen LogP contribution in [0.5, 0.6) is 23.0 Å². The first-order valence-electron chi connectivity index (χ1n) is 35.0. The van der Waals surface area contributed by atoms with Crippen molar-refractivity contribution >= 4 is 149 Å². The van der Waals surface area contributed by atoms with Gasteiger partial charge in [0.2, 0.25) is 0 Å². The first kappa shape index (κ1) is 86.5. The average Bonchev–Trinajstić information content (AvgIpc) is 0.761. The third-order valence-electron chi connectivity index (χ3n) is 17.5. The number of nitrogens with zero attached hydrogens (tertiary/aromatic N) is 9. The molecule has 14 rings (SSSR count). The van der Waals surface area contributed by atoms with Crippen molar-refractivity contribution in [2.75, 3.05) is 16.0 Å². The fourth-order valence-corrected chi connectivity index (χ4v) is 12.9. The van der Waals surface area contributed by atoms with Crippen LogP contribution < -0.4 is 53.6 Å². The molecule has 14 aromatic rings. The van der Waals surface area contributed by atoms with Gasteiger partial charge in [0.25, 0.3) is 11.4 Å². The van der Waals surface area contributed by atoms with Gasteiger partial charge in [-0.25, -0.2) is 31.8 Å². The van der Waals surface area contributed by atoms with E-state index in [1.54, 1.807) is 60.7 Å². The van der Waals surface area contributed by atoms with E-state index >= 15 is 0 Å². The van der Waals surface area contributed by atoms with Gasteiger partial charge in [0, 0.05) is 73.6 Å². The Kier molecular flexibility index (Phi) is 28.7. The van der Waals surface area contributed by atoms with Crippen LogP contribution in [0.4, 0.5) is 68.2 Å². The summed E-state index contributed by atoms with van der Waals surface area (Å²) in [6.45, 7) is 12.1. The minimum Gasteiger partial charge on any atom is -0.871 e. The van der Waals surface area contributed by atoms with Crippen LogP contribution in [0.3, 0.4) is 0 Å². The molecule has 0 saturated carbocycles. The van der Waals surface area contributed by atoms with E-state index < -0.39 is 74.2 Å². The fraction of sp³-hybridized carbons (Fsp3) is 0.0706. The van der Waals surface area contributed by atoms with Gasteiger partial charge >= 0.3 is 21.6 Å². The van der Waals surface area contributed by atoms with Crippen molar-refractivity contribution in [3.8, 4) is 23.0 Å². The molecule has 0 aliphatic carbocycles. The smallest absolute Gasteiger partial charge is 0.871 e. The first-order chi connectivity index (χ1) is 55.3. The third kappa shape index (κ3) is 22.5. The molecule has 32 heteroatoms. The Morgan fingerprint density at radius 1 is 0.325 bits per heavy atom. The Morgan fingerprint density at radius 2 is 0.590 bits per heavy atom. The molecular weight excluding hydrogens is 1570 g/mol. The van der Waals surface area contributed by atoms with E-state index in [-0.39, 0.29) is 65.9 Å². The number of para-hydroxylation sites is 6. The number of aliphatic imine (C=N–C) groups is 3. The normalized spacial score (nSPS) is 11.6. The summed E-state index contributed by atoms with van der Waals surface area (Å²) in [5.41, 5.74) is 28.3. The van der Waals surface area contributed by atoms with Gasteiger partial charge in [0.15, 0.2) is 17.9 Å². The second-order valence-electron chi connectivity index (χ2n) is 25.7. The van der Waals surface area contributed by atoms with Gasteiger partial charge in [-0.15, -0.1) is 0 Å². The summed E-state index contributed by atoms with van der Waals surface area (Å²) in [7, 11) is -10.2. The van der Waals surface area contributed by atoms with E-state index in [0.717, 1.165) is 104 Å². The van der Waals surface area contributed by atoms with E-state index in [1.165, 1.54) is 12.1 Å². The maximum absolute atomic E-state index is 12.5. The molecule has 0 amide bonds. The van der Waals surface area contributed by atoms with Gasteiger partial charge in [0.05, 0.1) is 59.4 Å². The van der Waals surface area contributed by atoms with Crippen LogP contribution in [0.1, 0.15) is 37.7 Å². The number of benzene rings is 14. The summed E-state index contributed by atoms with van der Waals surface area (Å²) in [5, 5.41) is 98.1. The van der Waals surface area contributed by atoms with E-state index in [1.807, 2.05) is 187 Å². The predicted octanol–water partition coefficient (Wildman–Crippen LogP) is 17.2. The summed E-state index contributed by atoms with van der Waals surface area (Å²) in [4.78, 5) is 31.9. The number of nitrogens with one attached hydrogen (secondary N) is 3. The molecule has 0 unspecified atom stereocenters. The van der Waals surface area contributed by atoms with Crippen LogP contribution in [0, 0.1) is 61.8 Å². The van der Waals surface area contributed by atoms with Gasteiger partial charge in [0.1, 0.15) is 20.2 Å². The zero-order valence-electron chi connectivity index (χ0n) is 66.1. The summed E-state index contributed by atoms with van der Waals surface area (Å²) in [5.74, 6) is -1.57. The number of nitrogens with two attached hydrogens (primary N) is 3. The SMILES string of the molecule is Cc1ccccc1N=C(N)Nc1ccccc1C.Cc1ccccc1N=C(N)Nc1ccccc1C.Cc1ccccc1N=C(N)Nc1ccccc1C.O=[N+]([O-])c1ccc2c(N=Nc3c([O-])ccc4ccccc34)c([O-])cc(S(=O)(=O)[O-])c2c1.O=[N+]([O-])c1ccc2c(N=Nc3c([O-])ccc4ccccc34)c([O-])cc(S(=O)(=O)[O-])c2c1.[Cr+3].[H+].[H+].[H+]. The zero-order chi connectivity index (χ0) is 83.5. The Hall–Kier alpha value is -14.5. The van der Waals surface area contributed by atoms with Crippen molar-refractivity contribution in [3.05, 3.63) is 321 Å². The standard InChI is InChI=1S/2C20H13N3O7S.3C15H17N3.Cr/c2*24-16-8-5-11-3-1-2-4-13(11)19(16)21-22-20-14-7-6-12(23(26)27)9-15(14)18(10-17(20)25)31(28,29)30;3*1-11-7-3-5-9-13(11)17-15(16)18-14-10-6-4-8-12(14)2;/h2*1-10,24-25H,(H,28,29,30);3*3-10H,1-2H3,(H3,16,17,18);/q;;;;;+3/p-3. The van der Waals surface area contributed by atoms with E-state index in [4.69, 9.17) is 17.2 Å². The molecule has 0 atom stereocenters.